The zero-order valence-corrected chi connectivity index (χ0v) is 13.2. The number of hydrogen-bond acceptors (Lipinski definition) is 4. The quantitative estimate of drug-likeness (QED) is 0.889. The van der Waals surface area contributed by atoms with Crippen LogP contribution in [0.2, 0.25) is 0 Å². The molecule has 0 spiro atoms. The second-order valence-corrected chi connectivity index (χ2v) is 5.23. The minimum atomic E-state index is -0.227. The Bertz CT molecular complexity index is 703. The Morgan fingerprint density at radius 3 is 2.52 bits per heavy atom. The van der Waals surface area contributed by atoms with Gasteiger partial charge in [-0.2, -0.15) is 5.26 Å². The van der Waals surface area contributed by atoms with Crippen molar-refractivity contribution in [3.05, 3.63) is 59.7 Å². The van der Waals surface area contributed by atoms with E-state index in [0.717, 1.165) is 11.3 Å². The van der Waals surface area contributed by atoms with Gasteiger partial charge in [0.15, 0.2) is 6.61 Å². The molecular weight excluding hydrogens is 290 g/mol. The number of hydrogen-bond donors (Lipinski definition) is 1. The number of carbonyl (C=O) groups is 1. The molecule has 2 rings (SSSR count). The molecule has 0 heterocycles. The number of benzene rings is 2. The van der Waals surface area contributed by atoms with Gasteiger partial charge in [0.1, 0.15) is 11.8 Å². The van der Waals surface area contributed by atoms with Crippen LogP contribution in [-0.2, 0) is 11.3 Å². The van der Waals surface area contributed by atoms with E-state index in [0.29, 0.717) is 17.9 Å². The molecule has 0 bridgehead atoms. The van der Waals surface area contributed by atoms with Crippen molar-refractivity contribution in [2.45, 2.75) is 6.54 Å². The van der Waals surface area contributed by atoms with Gasteiger partial charge in [-0.15, -0.1) is 0 Å². The summed E-state index contributed by atoms with van der Waals surface area (Å²) in [6, 6.07) is 16.8. The van der Waals surface area contributed by atoms with Crippen molar-refractivity contribution in [1.29, 1.82) is 5.26 Å². The van der Waals surface area contributed by atoms with Gasteiger partial charge >= 0.3 is 0 Å². The minimum Gasteiger partial charge on any atom is -0.482 e. The summed E-state index contributed by atoms with van der Waals surface area (Å²) in [5, 5.41) is 11.8. The van der Waals surface area contributed by atoms with Gasteiger partial charge in [0, 0.05) is 26.3 Å². The van der Waals surface area contributed by atoms with Crippen molar-refractivity contribution >= 4 is 11.6 Å². The summed E-state index contributed by atoms with van der Waals surface area (Å²) in [7, 11) is 3.96. The minimum absolute atomic E-state index is 0.117. The second-order valence-electron chi connectivity index (χ2n) is 5.23. The first kappa shape index (κ1) is 16.4. The molecule has 0 atom stereocenters. The molecule has 1 N–H and O–H groups in total. The standard InChI is InChI=1S/C18H19N3O2/c1-21(2)16-9-7-14(8-10-16)12-20-18(22)13-23-17-6-4-3-5-15(17)11-19/h3-10H,12-13H2,1-2H3,(H,20,22). The molecule has 1 amide bonds. The van der Waals surface area contributed by atoms with Crippen molar-refractivity contribution in [2.24, 2.45) is 0 Å². The van der Waals surface area contributed by atoms with Gasteiger partial charge in [-0.3, -0.25) is 4.79 Å². The fourth-order valence-electron chi connectivity index (χ4n) is 1.99. The van der Waals surface area contributed by atoms with Crippen LogP contribution >= 0.6 is 0 Å². The Balaban J connectivity index is 1.82. The first-order valence-corrected chi connectivity index (χ1v) is 7.25. The van der Waals surface area contributed by atoms with E-state index in [9.17, 15) is 4.79 Å². The van der Waals surface area contributed by atoms with Crippen LogP contribution in [0, 0.1) is 11.3 Å². The first-order chi connectivity index (χ1) is 11.1. The Morgan fingerprint density at radius 2 is 1.87 bits per heavy atom. The molecule has 0 aliphatic rings. The van der Waals surface area contributed by atoms with Crippen LogP contribution in [0.25, 0.3) is 0 Å². The molecule has 0 saturated heterocycles. The summed E-state index contributed by atoms with van der Waals surface area (Å²) in [5.74, 6) is 0.190. The normalized spacial score (nSPS) is 9.78. The average Bonchev–Trinajstić information content (AvgIpc) is 2.58. The zero-order chi connectivity index (χ0) is 16.7. The number of rotatable bonds is 6. The highest BCUT2D eigenvalue weighted by atomic mass is 16.5. The molecule has 0 aliphatic carbocycles. The molecule has 0 radical (unpaired) electrons. The molecule has 0 unspecified atom stereocenters. The van der Waals surface area contributed by atoms with E-state index in [1.807, 2.05) is 49.3 Å². The molecule has 23 heavy (non-hydrogen) atoms. The van der Waals surface area contributed by atoms with Crippen LogP contribution in [-0.4, -0.2) is 26.6 Å². The lowest BCUT2D eigenvalue weighted by Gasteiger charge is -2.13. The molecule has 0 aromatic heterocycles. The van der Waals surface area contributed by atoms with Crippen LogP contribution < -0.4 is 15.0 Å². The molecule has 5 heteroatoms. The third-order valence-corrected chi connectivity index (χ3v) is 3.31. The van der Waals surface area contributed by atoms with E-state index in [2.05, 4.69) is 5.32 Å². The van der Waals surface area contributed by atoms with Crippen LogP contribution in [0.15, 0.2) is 48.5 Å². The predicted molar refractivity (Wildman–Crippen MR) is 89.3 cm³/mol. The zero-order valence-electron chi connectivity index (χ0n) is 13.2. The maximum absolute atomic E-state index is 11.8. The second kappa shape index (κ2) is 7.85. The Hall–Kier alpha value is -3.00. The number of para-hydroxylation sites is 1. The van der Waals surface area contributed by atoms with E-state index in [-0.39, 0.29) is 12.5 Å². The fourth-order valence-corrected chi connectivity index (χ4v) is 1.99. The average molecular weight is 309 g/mol. The predicted octanol–water partition coefficient (Wildman–Crippen LogP) is 2.32. The van der Waals surface area contributed by atoms with Crippen molar-refractivity contribution in [3.8, 4) is 11.8 Å². The van der Waals surface area contributed by atoms with Gasteiger partial charge in [-0.05, 0) is 29.8 Å². The molecule has 118 valence electrons. The summed E-state index contributed by atoms with van der Waals surface area (Å²) in [6.45, 7) is 0.324. The van der Waals surface area contributed by atoms with Gasteiger partial charge in [-0.25, -0.2) is 0 Å². The van der Waals surface area contributed by atoms with E-state index in [4.69, 9.17) is 10.00 Å². The van der Waals surface area contributed by atoms with Gasteiger partial charge in [0.2, 0.25) is 0 Å². The lowest BCUT2D eigenvalue weighted by Crippen LogP contribution is -2.28. The summed E-state index contributed by atoms with van der Waals surface area (Å²) in [5.41, 5.74) is 2.54. The number of anilines is 1. The van der Waals surface area contributed by atoms with Crippen molar-refractivity contribution < 1.29 is 9.53 Å². The molecule has 5 nitrogen and oxygen atoms in total. The number of nitriles is 1. The Kier molecular flexibility index (Phi) is 5.59. The molecule has 0 fully saturated rings. The third kappa shape index (κ3) is 4.75. The van der Waals surface area contributed by atoms with Crippen molar-refractivity contribution in [2.75, 3.05) is 25.6 Å². The van der Waals surface area contributed by atoms with Gasteiger partial charge < -0.3 is 15.0 Å². The summed E-state index contributed by atoms with van der Waals surface area (Å²) in [6.07, 6.45) is 0. The van der Waals surface area contributed by atoms with Crippen LogP contribution in [0.3, 0.4) is 0 Å². The summed E-state index contributed by atoms with van der Waals surface area (Å²) < 4.78 is 5.39. The maximum Gasteiger partial charge on any atom is 0.258 e. The monoisotopic (exact) mass is 309 g/mol. The number of nitrogens with zero attached hydrogens (tertiary/aromatic N) is 2. The smallest absolute Gasteiger partial charge is 0.258 e. The summed E-state index contributed by atoms with van der Waals surface area (Å²) in [4.78, 5) is 13.9. The number of nitrogens with one attached hydrogen (secondary N) is 1. The third-order valence-electron chi connectivity index (χ3n) is 3.31. The van der Waals surface area contributed by atoms with E-state index < -0.39 is 0 Å². The Labute approximate surface area is 136 Å². The topological polar surface area (TPSA) is 65.4 Å². The molecular formula is C18H19N3O2. The molecule has 2 aromatic rings. The number of amides is 1. The fraction of sp³-hybridized carbons (Fsp3) is 0.222. The largest absolute Gasteiger partial charge is 0.482 e. The maximum atomic E-state index is 11.8. The number of ether oxygens (including phenoxy) is 1. The van der Waals surface area contributed by atoms with Gasteiger partial charge in [-0.1, -0.05) is 24.3 Å². The van der Waals surface area contributed by atoms with Crippen LogP contribution in [0.5, 0.6) is 5.75 Å². The van der Waals surface area contributed by atoms with Crippen molar-refractivity contribution in [1.82, 2.24) is 5.32 Å². The van der Waals surface area contributed by atoms with Gasteiger partial charge in [0.25, 0.3) is 5.91 Å². The van der Waals surface area contributed by atoms with Crippen molar-refractivity contribution in [3.63, 3.8) is 0 Å². The Morgan fingerprint density at radius 1 is 1.17 bits per heavy atom. The number of carbonyl (C=O) groups excluding carboxylic acids is 1. The van der Waals surface area contributed by atoms with E-state index >= 15 is 0 Å². The molecule has 0 saturated carbocycles. The highest BCUT2D eigenvalue weighted by molar-refractivity contribution is 5.77. The van der Waals surface area contributed by atoms with E-state index in [1.54, 1.807) is 24.3 Å². The SMILES string of the molecule is CN(C)c1ccc(CNC(=O)COc2ccccc2C#N)cc1. The summed E-state index contributed by atoms with van der Waals surface area (Å²) >= 11 is 0. The first-order valence-electron chi connectivity index (χ1n) is 7.25. The van der Waals surface area contributed by atoms with Gasteiger partial charge in [0.05, 0.1) is 5.56 Å². The highest BCUT2D eigenvalue weighted by Gasteiger charge is 2.06. The lowest BCUT2D eigenvalue weighted by molar-refractivity contribution is -0.123. The highest BCUT2D eigenvalue weighted by Crippen LogP contribution is 2.16. The van der Waals surface area contributed by atoms with Crippen LogP contribution in [0.1, 0.15) is 11.1 Å². The molecule has 0 aliphatic heterocycles. The van der Waals surface area contributed by atoms with Crippen LogP contribution in [0.4, 0.5) is 5.69 Å². The molecule has 2 aromatic carbocycles. The lowest BCUT2D eigenvalue weighted by atomic mass is 10.2. The van der Waals surface area contributed by atoms with E-state index in [1.165, 1.54) is 0 Å².